The fraction of sp³-hybridized carbons (Fsp3) is 0.727. The maximum Gasteiger partial charge on any atom is 0.0762 e. The molecule has 1 aromatic heterocycles. The van der Waals surface area contributed by atoms with Crippen molar-refractivity contribution in [3.8, 4) is 0 Å². The third-order valence-electron chi connectivity index (χ3n) is 2.27. The highest BCUT2D eigenvalue weighted by atomic mass is 15.1. The van der Waals surface area contributed by atoms with Gasteiger partial charge in [0.15, 0.2) is 0 Å². The molecule has 0 aliphatic rings. The maximum atomic E-state index is 4.18. The molecule has 15 heavy (non-hydrogen) atoms. The summed E-state index contributed by atoms with van der Waals surface area (Å²) in [6.07, 6.45) is 1.19. The Morgan fingerprint density at radius 1 is 1.53 bits per heavy atom. The highest BCUT2D eigenvalue weighted by Gasteiger charge is 2.02. The van der Waals surface area contributed by atoms with E-state index < -0.39 is 0 Å². The van der Waals surface area contributed by atoms with E-state index in [2.05, 4.69) is 40.7 Å². The van der Waals surface area contributed by atoms with Gasteiger partial charge in [0.25, 0.3) is 0 Å². The summed E-state index contributed by atoms with van der Waals surface area (Å²) >= 11 is 0. The van der Waals surface area contributed by atoms with Gasteiger partial charge in [0.1, 0.15) is 0 Å². The summed E-state index contributed by atoms with van der Waals surface area (Å²) in [5.74, 6) is 0. The van der Waals surface area contributed by atoms with Crippen LogP contribution in [0.4, 0.5) is 0 Å². The molecule has 86 valence electrons. The number of rotatable bonds is 7. The van der Waals surface area contributed by atoms with Crippen molar-refractivity contribution in [2.24, 2.45) is 0 Å². The van der Waals surface area contributed by atoms with E-state index in [9.17, 15) is 0 Å². The summed E-state index contributed by atoms with van der Waals surface area (Å²) in [7, 11) is 0. The van der Waals surface area contributed by atoms with Crippen LogP contribution >= 0.6 is 0 Å². The van der Waals surface area contributed by atoms with Crippen LogP contribution in [0.15, 0.2) is 6.07 Å². The largest absolute Gasteiger partial charge is 0.315 e. The van der Waals surface area contributed by atoms with Gasteiger partial charge < -0.3 is 10.6 Å². The highest BCUT2D eigenvalue weighted by molar-refractivity contribution is 5.06. The van der Waals surface area contributed by atoms with Crippen molar-refractivity contribution in [2.45, 2.75) is 39.8 Å². The smallest absolute Gasteiger partial charge is 0.0762 e. The summed E-state index contributed by atoms with van der Waals surface area (Å²) in [5.41, 5.74) is 2.19. The van der Waals surface area contributed by atoms with Gasteiger partial charge in [-0.15, -0.1) is 0 Å². The monoisotopic (exact) mass is 210 g/mol. The summed E-state index contributed by atoms with van der Waals surface area (Å²) < 4.78 is 0. The zero-order chi connectivity index (χ0) is 11.1. The molecule has 0 radical (unpaired) electrons. The van der Waals surface area contributed by atoms with Gasteiger partial charge in [-0.25, -0.2) is 0 Å². The molecule has 0 aliphatic heterocycles. The Bertz CT molecular complexity index is 269. The van der Waals surface area contributed by atoms with E-state index in [0.717, 1.165) is 31.0 Å². The molecule has 1 heterocycles. The molecule has 0 saturated carbocycles. The molecule has 0 aliphatic carbocycles. The van der Waals surface area contributed by atoms with E-state index in [4.69, 9.17) is 0 Å². The van der Waals surface area contributed by atoms with E-state index in [0.29, 0.717) is 6.04 Å². The molecule has 0 aromatic carbocycles. The molecule has 1 unspecified atom stereocenters. The fourth-order valence-electron chi connectivity index (χ4n) is 1.41. The van der Waals surface area contributed by atoms with E-state index >= 15 is 0 Å². The van der Waals surface area contributed by atoms with Crippen molar-refractivity contribution in [3.05, 3.63) is 17.5 Å². The lowest BCUT2D eigenvalue weighted by atomic mass is 10.3. The van der Waals surface area contributed by atoms with Gasteiger partial charge in [-0.1, -0.05) is 6.92 Å². The standard InChI is InChI=1S/C11H22N4/c1-4-5-12-7-10(3)13-8-11-6-9(2)14-15-11/h6,10,12-13H,4-5,7-8H2,1-3H3,(H,14,15). The number of hydrogen-bond acceptors (Lipinski definition) is 3. The van der Waals surface area contributed by atoms with Crippen molar-refractivity contribution in [3.63, 3.8) is 0 Å². The lowest BCUT2D eigenvalue weighted by molar-refractivity contribution is 0.497. The first kappa shape index (κ1) is 12.2. The van der Waals surface area contributed by atoms with E-state index in [1.165, 1.54) is 6.42 Å². The molecule has 1 aromatic rings. The third kappa shape index (κ3) is 4.95. The number of aromatic nitrogens is 2. The predicted octanol–water partition coefficient (Wildman–Crippen LogP) is 1.20. The Balaban J connectivity index is 2.13. The minimum absolute atomic E-state index is 0.480. The maximum absolute atomic E-state index is 4.18. The van der Waals surface area contributed by atoms with Crippen LogP contribution in [0.5, 0.6) is 0 Å². The van der Waals surface area contributed by atoms with Gasteiger partial charge in [0.2, 0.25) is 0 Å². The van der Waals surface area contributed by atoms with Gasteiger partial charge in [0.05, 0.1) is 5.69 Å². The van der Waals surface area contributed by atoms with Crippen LogP contribution in [0.2, 0.25) is 0 Å². The Kier molecular flexibility index (Phi) is 5.36. The minimum Gasteiger partial charge on any atom is -0.315 e. The molecule has 0 spiro atoms. The van der Waals surface area contributed by atoms with Crippen molar-refractivity contribution in [2.75, 3.05) is 13.1 Å². The summed E-state index contributed by atoms with van der Waals surface area (Å²) in [6, 6.07) is 2.55. The molecule has 3 N–H and O–H groups in total. The SMILES string of the molecule is CCCNCC(C)NCc1cc(C)[nH]n1. The second kappa shape index (κ2) is 6.58. The van der Waals surface area contributed by atoms with Crippen molar-refractivity contribution in [1.29, 1.82) is 0 Å². The fourth-order valence-corrected chi connectivity index (χ4v) is 1.41. The molecule has 0 saturated heterocycles. The van der Waals surface area contributed by atoms with Crippen LogP contribution in [0.1, 0.15) is 31.7 Å². The molecular formula is C11H22N4. The number of nitrogens with zero attached hydrogens (tertiary/aromatic N) is 1. The molecule has 1 rings (SSSR count). The van der Waals surface area contributed by atoms with Crippen LogP contribution in [0, 0.1) is 6.92 Å². The van der Waals surface area contributed by atoms with Crippen LogP contribution in [0.3, 0.4) is 0 Å². The van der Waals surface area contributed by atoms with Gasteiger partial charge in [-0.05, 0) is 32.9 Å². The van der Waals surface area contributed by atoms with Gasteiger partial charge >= 0.3 is 0 Å². The van der Waals surface area contributed by atoms with Gasteiger partial charge in [0, 0.05) is 24.8 Å². The van der Waals surface area contributed by atoms with E-state index in [1.54, 1.807) is 0 Å². The number of H-pyrrole nitrogens is 1. The van der Waals surface area contributed by atoms with Gasteiger partial charge in [-0.3, -0.25) is 5.10 Å². The lowest BCUT2D eigenvalue weighted by Crippen LogP contribution is -2.36. The van der Waals surface area contributed by atoms with Crippen LogP contribution in [-0.4, -0.2) is 29.3 Å². The minimum atomic E-state index is 0.480. The van der Waals surface area contributed by atoms with Crippen molar-refractivity contribution in [1.82, 2.24) is 20.8 Å². The second-order valence-electron chi connectivity index (χ2n) is 4.03. The first-order valence-corrected chi connectivity index (χ1v) is 5.67. The van der Waals surface area contributed by atoms with Crippen LogP contribution < -0.4 is 10.6 Å². The molecule has 0 bridgehead atoms. The molecule has 4 heteroatoms. The summed E-state index contributed by atoms with van der Waals surface area (Å²) in [5, 5.41) is 13.9. The Hall–Kier alpha value is -0.870. The van der Waals surface area contributed by atoms with E-state index in [1.807, 2.05) is 6.92 Å². The first-order valence-electron chi connectivity index (χ1n) is 5.67. The number of hydrogen-bond donors (Lipinski definition) is 3. The van der Waals surface area contributed by atoms with E-state index in [-0.39, 0.29) is 0 Å². The average molecular weight is 210 g/mol. The summed E-state index contributed by atoms with van der Waals surface area (Å²) in [6.45, 7) is 9.31. The Morgan fingerprint density at radius 3 is 2.93 bits per heavy atom. The number of aromatic amines is 1. The zero-order valence-corrected chi connectivity index (χ0v) is 9.93. The topological polar surface area (TPSA) is 52.7 Å². The lowest BCUT2D eigenvalue weighted by Gasteiger charge is -2.13. The molecule has 0 amide bonds. The molecule has 1 atom stereocenters. The number of aryl methyl sites for hydroxylation is 1. The van der Waals surface area contributed by atoms with Crippen LogP contribution in [-0.2, 0) is 6.54 Å². The second-order valence-corrected chi connectivity index (χ2v) is 4.03. The third-order valence-corrected chi connectivity index (χ3v) is 2.27. The number of nitrogens with one attached hydrogen (secondary N) is 3. The first-order chi connectivity index (χ1) is 7.22. The Morgan fingerprint density at radius 2 is 2.33 bits per heavy atom. The highest BCUT2D eigenvalue weighted by Crippen LogP contribution is 1.97. The normalized spacial score (nSPS) is 13.0. The molecule has 0 fully saturated rings. The Labute approximate surface area is 91.8 Å². The van der Waals surface area contributed by atoms with Gasteiger partial charge in [-0.2, -0.15) is 5.10 Å². The molecular weight excluding hydrogens is 188 g/mol. The predicted molar refractivity (Wildman–Crippen MR) is 62.8 cm³/mol. The summed E-state index contributed by atoms with van der Waals surface area (Å²) in [4.78, 5) is 0. The molecule has 4 nitrogen and oxygen atoms in total. The average Bonchev–Trinajstić information content (AvgIpc) is 2.62. The van der Waals surface area contributed by atoms with Crippen molar-refractivity contribution >= 4 is 0 Å². The van der Waals surface area contributed by atoms with Crippen molar-refractivity contribution < 1.29 is 0 Å². The quantitative estimate of drug-likeness (QED) is 0.593. The van der Waals surface area contributed by atoms with Crippen LogP contribution in [0.25, 0.3) is 0 Å². The zero-order valence-electron chi connectivity index (χ0n) is 9.93.